The van der Waals surface area contributed by atoms with Gasteiger partial charge in [0.1, 0.15) is 11.4 Å². The molecule has 0 bridgehead atoms. The van der Waals surface area contributed by atoms with Crippen LogP contribution < -0.4 is 5.32 Å². The van der Waals surface area contributed by atoms with Crippen LogP contribution in [0, 0.1) is 0 Å². The van der Waals surface area contributed by atoms with Gasteiger partial charge in [0.15, 0.2) is 0 Å². The second kappa shape index (κ2) is 8.33. The van der Waals surface area contributed by atoms with Gasteiger partial charge in [-0.25, -0.2) is 0 Å². The number of carbonyl (C=O) groups excluding carboxylic acids is 1. The normalized spacial score (nSPS) is 11.7. The molecule has 1 aromatic heterocycles. The van der Waals surface area contributed by atoms with Gasteiger partial charge in [0, 0.05) is 23.2 Å². The number of hydrogen-bond donors (Lipinski definition) is 1. The van der Waals surface area contributed by atoms with Crippen LogP contribution in [0.3, 0.4) is 0 Å². The van der Waals surface area contributed by atoms with E-state index in [1.807, 2.05) is 0 Å². The lowest BCUT2D eigenvalue weighted by molar-refractivity contribution is -0.143. The first-order valence-electron chi connectivity index (χ1n) is 9.08. The molecule has 0 aliphatic rings. The number of rotatable bonds is 5. The fourth-order valence-electron chi connectivity index (χ4n) is 3.14. The number of nitrogens with zero attached hydrogens (tertiary/aromatic N) is 1. The van der Waals surface area contributed by atoms with Crippen LogP contribution in [0.25, 0.3) is 11.1 Å². The zero-order valence-electron chi connectivity index (χ0n) is 15.9. The highest BCUT2D eigenvalue weighted by Crippen LogP contribution is 2.37. The van der Waals surface area contributed by atoms with Crippen LogP contribution in [0.5, 0.6) is 0 Å². The summed E-state index contributed by atoms with van der Waals surface area (Å²) < 4.78 is 42.7. The van der Waals surface area contributed by atoms with Gasteiger partial charge < -0.3 is 9.88 Å². The molecule has 3 rings (SSSR count). The molecule has 0 saturated heterocycles. The molecule has 0 atom stereocenters. The van der Waals surface area contributed by atoms with Crippen molar-refractivity contribution in [2.24, 2.45) is 0 Å². The van der Waals surface area contributed by atoms with Crippen molar-refractivity contribution in [3.8, 4) is 11.1 Å². The summed E-state index contributed by atoms with van der Waals surface area (Å²) in [5, 5.41) is 3.18. The molecule has 0 saturated carbocycles. The van der Waals surface area contributed by atoms with E-state index in [0.717, 1.165) is 10.6 Å². The number of hydrogen-bond acceptors (Lipinski definition) is 1. The third-order valence-electron chi connectivity index (χ3n) is 4.36. The molecule has 3 aromatic rings. The molecule has 0 fully saturated rings. The Hall–Kier alpha value is -2.73. The average molecular weight is 421 g/mol. The quantitative estimate of drug-likeness (QED) is 0.538. The Morgan fingerprint density at radius 2 is 1.69 bits per heavy atom. The average Bonchev–Trinajstić information content (AvgIpc) is 3.02. The van der Waals surface area contributed by atoms with Crippen molar-refractivity contribution in [1.82, 2.24) is 9.88 Å². The van der Waals surface area contributed by atoms with E-state index in [2.05, 4.69) is 5.32 Å². The number of halogens is 4. The van der Waals surface area contributed by atoms with Crippen LogP contribution in [0.2, 0.25) is 5.02 Å². The third kappa shape index (κ3) is 4.82. The minimum atomic E-state index is -4.62. The van der Waals surface area contributed by atoms with Gasteiger partial charge in [0.2, 0.25) is 0 Å². The SMILES string of the molecule is CC(C)NC(=O)c1c(-c2ccc(Cl)cc2)cc(C(F)(F)F)n1Cc1ccccc1. The van der Waals surface area contributed by atoms with E-state index in [1.165, 1.54) is 0 Å². The van der Waals surface area contributed by atoms with E-state index in [0.29, 0.717) is 16.1 Å². The Labute approximate surface area is 172 Å². The second-order valence-corrected chi connectivity index (χ2v) is 7.43. The Kier molecular flexibility index (Phi) is 6.03. The maximum Gasteiger partial charge on any atom is 0.431 e. The van der Waals surface area contributed by atoms with Crippen LogP contribution in [0.4, 0.5) is 13.2 Å². The predicted molar refractivity (Wildman–Crippen MR) is 108 cm³/mol. The van der Waals surface area contributed by atoms with Gasteiger partial charge in [-0.15, -0.1) is 0 Å². The molecule has 1 amide bonds. The van der Waals surface area contributed by atoms with Crippen LogP contribution in [-0.4, -0.2) is 16.5 Å². The molecule has 3 nitrogen and oxygen atoms in total. The van der Waals surface area contributed by atoms with Crippen molar-refractivity contribution in [2.45, 2.75) is 32.6 Å². The van der Waals surface area contributed by atoms with Crippen LogP contribution in [-0.2, 0) is 12.7 Å². The standard InChI is InChI=1S/C22H20ClF3N2O/c1-14(2)27-21(29)20-18(16-8-10-17(23)11-9-16)12-19(22(24,25)26)28(20)13-15-6-4-3-5-7-15/h3-12,14H,13H2,1-2H3,(H,27,29). The summed E-state index contributed by atoms with van der Waals surface area (Å²) in [6, 6.07) is 15.9. The van der Waals surface area contributed by atoms with Gasteiger partial charge in [0.25, 0.3) is 5.91 Å². The van der Waals surface area contributed by atoms with Gasteiger partial charge >= 0.3 is 6.18 Å². The van der Waals surface area contributed by atoms with Gasteiger partial charge in [0.05, 0.1) is 0 Å². The number of nitrogens with one attached hydrogen (secondary N) is 1. The monoisotopic (exact) mass is 420 g/mol. The summed E-state index contributed by atoms with van der Waals surface area (Å²) in [6.45, 7) is 3.44. The molecule has 1 N–H and O–H groups in total. The summed E-state index contributed by atoms with van der Waals surface area (Å²) in [5.74, 6) is -0.559. The Morgan fingerprint density at radius 3 is 2.24 bits per heavy atom. The van der Waals surface area contributed by atoms with E-state index < -0.39 is 17.8 Å². The molecule has 1 heterocycles. The van der Waals surface area contributed by atoms with E-state index in [9.17, 15) is 18.0 Å². The first kappa shape index (κ1) is 21.0. The largest absolute Gasteiger partial charge is 0.431 e. The van der Waals surface area contributed by atoms with Gasteiger partial charge in [-0.1, -0.05) is 54.1 Å². The zero-order valence-corrected chi connectivity index (χ0v) is 16.7. The summed E-state index contributed by atoms with van der Waals surface area (Å²) >= 11 is 5.92. The third-order valence-corrected chi connectivity index (χ3v) is 4.61. The topological polar surface area (TPSA) is 34.0 Å². The minimum Gasteiger partial charge on any atom is -0.349 e. The fourth-order valence-corrected chi connectivity index (χ4v) is 3.26. The summed E-state index contributed by atoms with van der Waals surface area (Å²) in [5.41, 5.74) is 0.455. The number of aromatic nitrogens is 1. The highest BCUT2D eigenvalue weighted by atomic mass is 35.5. The second-order valence-electron chi connectivity index (χ2n) is 7.00. The van der Waals surface area contributed by atoms with Crippen LogP contribution in [0.15, 0.2) is 60.7 Å². The Morgan fingerprint density at radius 1 is 1.07 bits per heavy atom. The molecular formula is C22H20ClF3N2O. The first-order valence-corrected chi connectivity index (χ1v) is 9.46. The van der Waals surface area contributed by atoms with Crippen molar-refractivity contribution in [2.75, 3.05) is 0 Å². The summed E-state index contributed by atoms with van der Waals surface area (Å²) in [4.78, 5) is 12.9. The maximum absolute atomic E-state index is 13.9. The number of alkyl halides is 3. The molecule has 0 unspecified atom stereocenters. The fraction of sp³-hybridized carbons (Fsp3) is 0.227. The lowest BCUT2D eigenvalue weighted by Crippen LogP contribution is -2.33. The molecule has 0 spiro atoms. The van der Waals surface area contributed by atoms with Gasteiger partial charge in [-0.3, -0.25) is 4.79 Å². The number of amides is 1. The van der Waals surface area contributed by atoms with Crippen LogP contribution >= 0.6 is 11.6 Å². The smallest absolute Gasteiger partial charge is 0.349 e. The van der Waals surface area contributed by atoms with Crippen molar-refractivity contribution < 1.29 is 18.0 Å². The molecule has 29 heavy (non-hydrogen) atoms. The van der Waals surface area contributed by atoms with Crippen LogP contribution in [0.1, 0.15) is 35.6 Å². The van der Waals surface area contributed by atoms with E-state index in [-0.39, 0.29) is 23.8 Å². The molecule has 2 aromatic carbocycles. The van der Waals surface area contributed by atoms with E-state index in [4.69, 9.17) is 11.6 Å². The molecule has 0 aliphatic heterocycles. The van der Waals surface area contributed by atoms with Crippen molar-refractivity contribution in [3.63, 3.8) is 0 Å². The molecule has 0 aliphatic carbocycles. The molecule has 0 radical (unpaired) electrons. The number of benzene rings is 2. The Balaban J connectivity index is 2.24. The van der Waals surface area contributed by atoms with Crippen molar-refractivity contribution in [1.29, 1.82) is 0 Å². The van der Waals surface area contributed by atoms with Gasteiger partial charge in [-0.05, 0) is 43.2 Å². The zero-order chi connectivity index (χ0) is 21.2. The van der Waals surface area contributed by atoms with E-state index in [1.54, 1.807) is 68.4 Å². The summed E-state index contributed by atoms with van der Waals surface area (Å²) in [7, 11) is 0. The van der Waals surface area contributed by atoms with E-state index >= 15 is 0 Å². The highest BCUT2D eigenvalue weighted by Gasteiger charge is 2.38. The Bertz CT molecular complexity index is 993. The molecule has 7 heteroatoms. The predicted octanol–water partition coefficient (Wildman–Crippen LogP) is 6.01. The molecular weight excluding hydrogens is 401 g/mol. The van der Waals surface area contributed by atoms with Gasteiger partial charge in [-0.2, -0.15) is 13.2 Å². The minimum absolute atomic E-state index is 0.0304. The number of carbonyl (C=O) groups is 1. The lowest BCUT2D eigenvalue weighted by atomic mass is 10.1. The van der Waals surface area contributed by atoms with Crippen molar-refractivity contribution in [3.05, 3.63) is 82.6 Å². The summed E-state index contributed by atoms with van der Waals surface area (Å²) in [6.07, 6.45) is -4.62. The maximum atomic E-state index is 13.9. The first-order chi connectivity index (χ1) is 13.7. The lowest BCUT2D eigenvalue weighted by Gasteiger charge is -2.17. The highest BCUT2D eigenvalue weighted by molar-refractivity contribution is 6.30. The molecule has 152 valence electrons. The van der Waals surface area contributed by atoms with Crippen molar-refractivity contribution >= 4 is 17.5 Å².